The van der Waals surface area contributed by atoms with Crippen LogP contribution < -0.4 is 0 Å². The second-order valence-corrected chi connectivity index (χ2v) is 5.14. The largest absolute Gasteiger partial charge is 0.481 e. The zero-order chi connectivity index (χ0) is 16.3. The number of hydrogen-bond acceptors (Lipinski definition) is 2. The highest BCUT2D eigenvalue weighted by molar-refractivity contribution is 6.30. The van der Waals surface area contributed by atoms with Gasteiger partial charge in [-0.3, -0.25) is 9.78 Å². The van der Waals surface area contributed by atoms with E-state index < -0.39 is 23.6 Å². The number of benzene rings is 1. The summed E-state index contributed by atoms with van der Waals surface area (Å²) in [6, 6.07) is 7.24. The van der Waals surface area contributed by atoms with E-state index in [-0.39, 0.29) is 12.0 Å². The SMILES string of the molecule is O=C(O)CC(c1ccc(Cl)cc1)c1cncc(C(F)(F)F)c1. The number of nitrogens with zero attached hydrogens (tertiary/aromatic N) is 1. The molecule has 7 heteroatoms. The Morgan fingerprint density at radius 2 is 1.82 bits per heavy atom. The Morgan fingerprint density at radius 3 is 2.36 bits per heavy atom. The number of pyridine rings is 1. The predicted octanol–water partition coefficient (Wildman–Crippen LogP) is 4.36. The number of rotatable bonds is 4. The Morgan fingerprint density at radius 1 is 1.18 bits per heavy atom. The van der Waals surface area contributed by atoms with Gasteiger partial charge < -0.3 is 5.11 Å². The number of alkyl halides is 3. The van der Waals surface area contributed by atoms with Gasteiger partial charge in [-0.2, -0.15) is 13.2 Å². The minimum absolute atomic E-state index is 0.194. The lowest BCUT2D eigenvalue weighted by Crippen LogP contribution is -2.11. The molecule has 1 N–H and O–H groups in total. The van der Waals surface area contributed by atoms with E-state index in [1.165, 1.54) is 6.20 Å². The third-order valence-electron chi connectivity index (χ3n) is 3.14. The Bertz CT molecular complexity index is 671. The van der Waals surface area contributed by atoms with Crippen molar-refractivity contribution in [3.8, 4) is 0 Å². The molecule has 2 rings (SSSR count). The Kier molecular flexibility index (Phi) is 4.71. The van der Waals surface area contributed by atoms with Crippen LogP contribution in [0.25, 0.3) is 0 Å². The summed E-state index contributed by atoms with van der Waals surface area (Å²) in [5.74, 6) is -1.85. The fourth-order valence-electron chi connectivity index (χ4n) is 2.10. The highest BCUT2D eigenvalue weighted by Gasteiger charge is 2.32. The molecule has 0 radical (unpaired) electrons. The second kappa shape index (κ2) is 6.36. The lowest BCUT2D eigenvalue weighted by atomic mass is 9.89. The van der Waals surface area contributed by atoms with Gasteiger partial charge in [0.15, 0.2) is 0 Å². The lowest BCUT2D eigenvalue weighted by Gasteiger charge is -2.17. The van der Waals surface area contributed by atoms with Crippen LogP contribution in [0.5, 0.6) is 0 Å². The molecule has 0 aliphatic rings. The van der Waals surface area contributed by atoms with E-state index >= 15 is 0 Å². The molecular formula is C15H11ClF3NO2. The number of carbonyl (C=O) groups is 1. The van der Waals surface area contributed by atoms with E-state index in [0.717, 1.165) is 6.07 Å². The molecule has 0 saturated carbocycles. The van der Waals surface area contributed by atoms with Gasteiger partial charge in [-0.25, -0.2) is 0 Å². The fraction of sp³-hybridized carbons (Fsp3) is 0.200. The van der Waals surface area contributed by atoms with Crippen LogP contribution in [0.3, 0.4) is 0 Å². The molecule has 116 valence electrons. The third-order valence-corrected chi connectivity index (χ3v) is 3.39. The van der Waals surface area contributed by atoms with E-state index in [2.05, 4.69) is 4.98 Å². The van der Waals surface area contributed by atoms with Gasteiger partial charge in [-0.1, -0.05) is 23.7 Å². The zero-order valence-electron chi connectivity index (χ0n) is 11.1. The van der Waals surface area contributed by atoms with E-state index in [1.807, 2.05) is 0 Å². The first kappa shape index (κ1) is 16.3. The maximum absolute atomic E-state index is 12.8. The second-order valence-electron chi connectivity index (χ2n) is 4.71. The molecule has 1 heterocycles. The normalized spacial score (nSPS) is 12.9. The maximum atomic E-state index is 12.8. The quantitative estimate of drug-likeness (QED) is 0.906. The van der Waals surface area contributed by atoms with Crippen LogP contribution in [0.1, 0.15) is 29.0 Å². The summed E-state index contributed by atoms with van der Waals surface area (Å²) >= 11 is 5.78. The molecule has 0 bridgehead atoms. The molecule has 1 unspecified atom stereocenters. The Hall–Kier alpha value is -2.08. The number of halogens is 4. The average Bonchev–Trinajstić information content (AvgIpc) is 2.45. The molecular weight excluding hydrogens is 319 g/mol. The van der Waals surface area contributed by atoms with E-state index in [0.29, 0.717) is 16.8 Å². The van der Waals surface area contributed by atoms with Crippen LogP contribution in [0, 0.1) is 0 Å². The molecule has 0 aliphatic heterocycles. The maximum Gasteiger partial charge on any atom is 0.417 e. The summed E-state index contributed by atoms with van der Waals surface area (Å²) < 4.78 is 38.3. The molecule has 0 saturated heterocycles. The van der Waals surface area contributed by atoms with Gasteiger partial charge >= 0.3 is 12.1 Å². The highest BCUT2D eigenvalue weighted by atomic mass is 35.5. The van der Waals surface area contributed by atoms with Gasteiger partial charge in [-0.15, -0.1) is 0 Å². The lowest BCUT2D eigenvalue weighted by molar-refractivity contribution is -0.138. The smallest absolute Gasteiger partial charge is 0.417 e. The van der Waals surface area contributed by atoms with Crippen LogP contribution >= 0.6 is 11.6 Å². The van der Waals surface area contributed by atoms with Crippen LogP contribution in [0.4, 0.5) is 13.2 Å². The van der Waals surface area contributed by atoms with E-state index in [9.17, 15) is 18.0 Å². The summed E-state index contributed by atoms with van der Waals surface area (Å²) in [5, 5.41) is 9.48. The molecule has 3 nitrogen and oxygen atoms in total. The van der Waals surface area contributed by atoms with Crippen molar-refractivity contribution in [3.05, 3.63) is 64.4 Å². The minimum atomic E-state index is -4.53. The third kappa shape index (κ3) is 3.98. The van der Waals surface area contributed by atoms with Gasteiger partial charge in [0, 0.05) is 23.3 Å². The molecule has 0 spiro atoms. The molecule has 22 heavy (non-hydrogen) atoms. The molecule has 0 aliphatic carbocycles. The summed E-state index contributed by atoms with van der Waals surface area (Å²) in [7, 11) is 0. The van der Waals surface area contributed by atoms with E-state index in [4.69, 9.17) is 16.7 Å². The standard InChI is InChI=1S/C15H11ClF3NO2/c16-12-3-1-9(2-4-12)13(6-14(21)22)10-5-11(8-20-7-10)15(17,18)19/h1-5,7-8,13H,6H2,(H,21,22). The number of carboxylic acid groups (broad SMARTS) is 1. The van der Waals surface area contributed by atoms with Crippen molar-refractivity contribution in [2.45, 2.75) is 18.5 Å². The predicted molar refractivity (Wildman–Crippen MR) is 74.8 cm³/mol. The van der Waals surface area contributed by atoms with Crippen molar-refractivity contribution in [3.63, 3.8) is 0 Å². The molecule has 1 atom stereocenters. The van der Waals surface area contributed by atoms with E-state index in [1.54, 1.807) is 24.3 Å². The van der Waals surface area contributed by atoms with Crippen molar-refractivity contribution in [1.29, 1.82) is 0 Å². The number of hydrogen-bond donors (Lipinski definition) is 1. The first-order chi connectivity index (χ1) is 10.3. The van der Waals surface area contributed by atoms with Crippen molar-refractivity contribution in [2.75, 3.05) is 0 Å². The number of aliphatic carboxylic acids is 1. The van der Waals surface area contributed by atoms with Gasteiger partial charge in [-0.05, 0) is 29.3 Å². The van der Waals surface area contributed by atoms with Gasteiger partial charge in [0.1, 0.15) is 0 Å². The summed E-state index contributed by atoms with van der Waals surface area (Å²) in [4.78, 5) is 14.6. The number of carboxylic acids is 1. The fourth-order valence-corrected chi connectivity index (χ4v) is 2.23. The molecule has 0 fully saturated rings. The average molecular weight is 330 g/mol. The van der Waals surface area contributed by atoms with Crippen molar-refractivity contribution < 1.29 is 23.1 Å². The minimum Gasteiger partial charge on any atom is -0.481 e. The summed E-state index contributed by atoms with van der Waals surface area (Å²) in [6.45, 7) is 0. The summed E-state index contributed by atoms with van der Waals surface area (Å²) in [5.41, 5.74) is -0.151. The Balaban J connectivity index is 2.45. The molecule has 1 aromatic carbocycles. The molecule has 1 aromatic heterocycles. The number of aromatic nitrogens is 1. The van der Waals surface area contributed by atoms with Gasteiger partial charge in [0.25, 0.3) is 0 Å². The van der Waals surface area contributed by atoms with Crippen LogP contribution in [-0.4, -0.2) is 16.1 Å². The topological polar surface area (TPSA) is 50.2 Å². The van der Waals surface area contributed by atoms with Gasteiger partial charge in [0.2, 0.25) is 0 Å². The molecule has 0 amide bonds. The zero-order valence-corrected chi connectivity index (χ0v) is 11.9. The summed E-state index contributed by atoms with van der Waals surface area (Å²) in [6.07, 6.45) is -2.91. The first-order valence-corrected chi connectivity index (χ1v) is 6.64. The highest BCUT2D eigenvalue weighted by Crippen LogP contribution is 2.33. The van der Waals surface area contributed by atoms with Crippen LogP contribution in [0.2, 0.25) is 5.02 Å². The molecule has 2 aromatic rings. The van der Waals surface area contributed by atoms with Crippen molar-refractivity contribution >= 4 is 17.6 Å². The van der Waals surface area contributed by atoms with Crippen molar-refractivity contribution in [1.82, 2.24) is 4.98 Å². The Labute approximate surface area is 129 Å². The van der Waals surface area contributed by atoms with Gasteiger partial charge in [0.05, 0.1) is 12.0 Å². The first-order valence-electron chi connectivity index (χ1n) is 6.27. The van der Waals surface area contributed by atoms with Crippen molar-refractivity contribution in [2.24, 2.45) is 0 Å². The monoisotopic (exact) mass is 329 g/mol. The van der Waals surface area contributed by atoms with Crippen LogP contribution in [-0.2, 0) is 11.0 Å². The van der Waals surface area contributed by atoms with Crippen LogP contribution in [0.15, 0.2) is 42.7 Å².